The van der Waals surface area contributed by atoms with Crippen molar-refractivity contribution in [2.24, 2.45) is 29.6 Å². The summed E-state index contributed by atoms with van der Waals surface area (Å²) in [5.41, 5.74) is 0. The number of hydrogen-bond acceptors (Lipinski definition) is 3. The van der Waals surface area contributed by atoms with Crippen molar-refractivity contribution in [2.75, 3.05) is 13.0 Å². The molecule has 3 unspecified atom stereocenters. The first kappa shape index (κ1) is 38.3. The maximum absolute atomic E-state index is 9.81. The minimum atomic E-state index is -0.264. The van der Waals surface area contributed by atoms with Gasteiger partial charge in [0, 0.05) is 25.1 Å². The Morgan fingerprint density at radius 3 is 1.39 bits per heavy atom. The molecule has 0 aromatic rings. The molecule has 3 aliphatic rings. The van der Waals surface area contributed by atoms with Crippen LogP contribution in [-0.4, -0.2) is 41.4 Å². The third-order valence-electron chi connectivity index (χ3n) is 8.43. The number of rotatable bonds is 6. The number of nitrogens with one attached hydrogen (secondary N) is 1. The van der Waals surface area contributed by atoms with Crippen molar-refractivity contribution in [3.05, 3.63) is 0 Å². The molecule has 3 N–H and O–H groups in total. The van der Waals surface area contributed by atoms with Gasteiger partial charge in [-0.1, -0.05) is 112 Å². The van der Waals surface area contributed by atoms with Gasteiger partial charge in [-0.15, -0.1) is 11.6 Å². The van der Waals surface area contributed by atoms with Crippen LogP contribution in [0.4, 0.5) is 0 Å². The molecule has 3 atom stereocenters. The lowest BCUT2D eigenvalue weighted by atomic mass is 9.73. The molecule has 0 heterocycles. The zero-order chi connectivity index (χ0) is 27.9. The Hall–Kier alpha value is 0.170. The van der Waals surface area contributed by atoms with Crippen LogP contribution in [0.25, 0.3) is 0 Å². The molecule has 0 aromatic carbocycles. The van der Waals surface area contributed by atoms with E-state index in [0.717, 1.165) is 23.7 Å². The summed E-state index contributed by atoms with van der Waals surface area (Å²) >= 11 is 4.64. The SMILES string of the molecule is C1CCC(C2CCCCC2)CC1.CC.CC1CCC(C(C)NC(C(C)C)C(C)O)CC1.CCO.CCl. The highest BCUT2D eigenvalue weighted by atomic mass is 35.5. The van der Waals surface area contributed by atoms with Gasteiger partial charge >= 0.3 is 0 Å². The minimum Gasteiger partial charge on any atom is -0.397 e. The Morgan fingerprint density at radius 2 is 1.08 bits per heavy atom. The molecular weight excluding hydrogens is 466 g/mol. The van der Waals surface area contributed by atoms with Crippen LogP contribution >= 0.6 is 11.6 Å². The molecule has 3 nitrogen and oxygen atoms in total. The van der Waals surface area contributed by atoms with Gasteiger partial charge in [0.15, 0.2) is 0 Å². The molecule has 3 fully saturated rings. The minimum absolute atomic E-state index is 0.226. The molecule has 3 aliphatic carbocycles. The Balaban J connectivity index is 0. The third kappa shape index (κ3) is 17.6. The molecule has 0 spiro atoms. The lowest BCUT2D eigenvalue weighted by Gasteiger charge is -2.36. The topological polar surface area (TPSA) is 52.5 Å². The molecule has 0 aromatic heterocycles. The second kappa shape index (κ2) is 25.4. The summed E-state index contributed by atoms with van der Waals surface area (Å²) in [7, 11) is 0. The number of hydrogen-bond donors (Lipinski definition) is 3. The smallest absolute Gasteiger partial charge is 0.0667 e. The Morgan fingerprint density at radius 1 is 0.722 bits per heavy atom. The van der Waals surface area contributed by atoms with E-state index in [1.807, 2.05) is 20.8 Å². The molecule has 3 rings (SSSR count). The van der Waals surface area contributed by atoms with Crippen LogP contribution in [0.5, 0.6) is 0 Å². The van der Waals surface area contributed by atoms with Crippen LogP contribution in [-0.2, 0) is 0 Å². The van der Waals surface area contributed by atoms with Crippen molar-refractivity contribution >= 4 is 11.6 Å². The highest BCUT2D eigenvalue weighted by Crippen LogP contribution is 2.38. The van der Waals surface area contributed by atoms with Gasteiger partial charge in [-0.2, -0.15) is 0 Å². The van der Waals surface area contributed by atoms with Gasteiger partial charge in [0.2, 0.25) is 0 Å². The Bertz CT molecular complexity index is 402. The number of aliphatic hydroxyl groups is 2. The standard InChI is InChI=1S/C15H31NO.C12H22.C2H6O.C2H6.CH3Cl/c1-10(2)15(13(5)17)16-12(4)14-8-6-11(3)7-9-14;1-3-7-11(8-4-1)12-9-5-2-6-10-12;1-2-3;2*1-2/h10-17H,6-9H2,1-5H3;11-12H,1-10H2;3H,2H2,1H3;1-2H3;1H3. The number of alkyl halides is 1. The molecule has 0 radical (unpaired) electrons. The van der Waals surface area contributed by atoms with Crippen LogP contribution in [0.1, 0.15) is 145 Å². The zero-order valence-corrected chi connectivity index (χ0v) is 26.8. The molecular formula is C32H68ClNO2. The highest BCUT2D eigenvalue weighted by molar-refractivity contribution is 6.15. The van der Waals surface area contributed by atoms with E-state index in [-0.39, 0.29) is 18.8 Å². The van der Waals surface area contributed by atoms with E-state index in [0.29, 0.717) is 12.0 Å². The first-order chi connectivity index (χ1) is 17.3. The summed E-state index contributed by atoms with van der Waals surface area (Å²) in [6, 6.07) is 0.758. The van der Waals surface area contributed by atoms with Gasteiger partial charge in [0.1, 0.15) is 0 Å². The van der Waals surface area contributed by atoms with E-state index in [2.05, 4.69) is 44.6 Å². The lowest BCUT2D eigenvalue weighted by molar-refractivity contribution is 0.102. The van der Waals surface area contributed by atoms with Gasteiger partial charge in [-0.05, 0) is 63.2 Å². The fourth-order valence-corrected chi connectivity index (χ4v) is 6.33. The predicted octanol–water partition coefficient (Wildman–Crippen LogP) is 9.22. The summed E-state index contributed by atoms with van der Waals surface area (Å²) in [5.74, 6) is 4.47. The fraction of sp³-hybridized carbons (Fsp3) is 1.00. The van der Waals surface area contributed by atoms with Crippen molar-refractivity contribution in [3.63, 3.8) is 0 Å². The van der Waals surface area contributed by atoms with Crippen molar-refractivity contribution in [1.29, 1.82) is 0 Å². The first-order valence-corrected chi connectivity index (χ1v) is 16.5. The van der Waals surface area contributed by atoms with E-state index < -0.39 is 0 Å². The van der Waals surface area contributed by atoms with Gasteiger partial charge in [-0.25, -0.2) is 0 Å². The maximum atomic E-state index is 9.81. The van der Waals surface area contributed by atoms with Gasteiger partial charge in [0.05, 0.1) is 6.10 Å². The summed E-state index contributed by atoms with van der Waals surface area (Å²) in [6.07, 6.45) is 22.0. The van der Waals surface area contributed by atoms with Crippen molar-refractivity contribution < 1.29 is 10.2 Å². The molecule has 4 heteroatoms. The maximum Gasteiger partial charge on any atom is 0.0667 e. The predicted molar refractivity (Wildman–Crippen MR) is 163 cm³/mol. The van der Waals surface area contributed by atoms with Crippen molar-refractivity contribution in [3.8, 4) is 0 Å². The molecule has 0 aliphatic heterocycles. The van der Waals surface area contributed by atoms with Crippen molar-refractivity contribution in [1.82, 2.24) is 5.32 Å². The quantitative estimate of drug-likeness (QED) is 0.298. The second-order valence-corrected chi connectivity index (χ2v) is 11.6. The van der Waals surface area contributed by atoms with E-state index in [9.17, 15) is 5.11 Å². The monoisotopic (exact) mass is 533 g/mol. The van der Waals surface area contributed by atoms with E-state index in [1.54, 1.807) is 32.6 Å². The molecule has 3 saturated carbocycles. The van der Waals surface area contributed by atoms with E-state index >= 15 is 0 Å². The summed E-state index contributed by atoms with van der Waals surface area (Å²) in [6.45, 7) is 16.8. The van der Waals surface area contributed by atoms with E-state index in [4.69, 9.17) is 5.11 Å². The van der Waals surface area contributed by atoms with Crippen LogP contribution in [0, 0.1) is 29.6 Å². The summed E-state index contributed by atoms with van der Waals surface area (Å²) in [5, 5.41) is 21.0. The normalized spacial score (nSPS) is 25.2. The molecule has 0 bridgehead atoms. The second-order valence-electron chi connectivity index (χ2n) is 11.6. The lowest BCUT2D eigenvalue weighted by Crippen LogP contribution is -2.49. The molecule has 36 heavy (non-hydrogen) atoms. The number of aliphatic hydroxyl groups excluding tert-OH is 2. The molecule has 220 valence electrons. The largest absolute Gasteiger partial charge is 0.397 e. The fourth-order valence-electron chi connectivity index (χ4n) is 6.33. The van der Waals surface area contributed by atoms with Crippen LogP contribution in [0.2, 0.25) is 0 Å². The Labute approximate surface area is 232 Å². The summed E-state index contributed by atoms with van der Waals surface area (Å²) in [4.78, 5) is 0. The van der Waals surface area contributed by atoms with Gasteiger partial charge < -0.3 is 15.5 Å². The van der Waals surface area contributed by atoms with Crippen molar-refractivity contribution in [2.45, 2.75) is 163 Å². The zero-order valence-electron chi connectivity index (χ0n) is 26.0. The third-order valence-corrected chi connectivity index (χ3v) is 8.43. The Kier molecular flexibility index (Phi) is 27.1. The van der Waals surface area contributed by atoms with Crippen LogP contribution in [0.3, 0.4) is 0 Å². The molecule has 0 amide bonds. The van der Waals surface area contributed by atoms with Crippen LogP contribution in [0.15, 0.2) is 0 Å². The first-order valence-electron chi connectivity index (χ1n) is 15.7. The van der Waals surface area contributed by atoms with E-state index in [1.165, 1.54) is 70.6 Å². The molecule has 0 saturated heterocycles. The average molecular weight is 534 g/mol. The van der Waals surface area contributed by atoms with Crippen LogP contribution < -0.4 is 5.32 Å². The number of halogens is 1. The average Bonchev–Trinajstić information content (AvgIpc) is 2.91. The highest BCUT2D eigenvalue weighted by Gasteiger charge is 2.27. The van der Waals surface area contributed by atoms with Gasteiger partial charge in [-0.3, -0.25) is 0 Å². The van der Waals surface area contributed by atoms with Gasteiger partial charge in [0.25, 0.3) is 0 Å². The summed E-state index contributed by atoms with van der Waals surface area (Å²) < 4.78 is 0.